The largest absolute Gasteiger partial charge is 0.243 e. The van der Waals surface area contributed by atoms with E-state index in [-0.39, 0.29) is 21.4 Å². The van der Waals surface area contributed by atoms with Crippen LogP contribution in [0.25, 0.3) is 0 Å². The lowest BCUT2D eigenvalue weighted by Gasteiger charge is -2.01. The fraction of sp³-hybridized carbons (Fsp3) is 0.250. The van der Waals surface area contributed by atoms with Crippen LogP contribution in [0.3, 0.4) is 0 Å². The van der Waals surface area contributed by atoms with Gasteiger partial charge in [0, 0.05) is 6.20 Å². The van der Waals surface area contributed by atoms with Gasteiger partial charge in [0.15, 0.2) is 9.84 Å². The summed E-state index contributed by atoms with van der Waals surface area (Å²) in [6, 6.07) is 1.78. The maximum absolute atomic E-state index is 11.5. The zero-order valence-electron chi connectivity index (χ0n) is 6.99. The van der Waals surface area contributed by atoms with Crippen LogP contribution in [0, 0.1) is 11.3 Å². The first-order valence-corrected chi connectivity index (χ1v) is 5.89. The minimum atomic E-state index is -3.32. The van der Waals surface area contributed by atoms with Crippen LogP contribution in [-0.4, -0.2) is 19.2 Å². The summed E-state index contributed by atoms with van der Waals surface area (Å²) >= 11 is 5.64. The average molecular weight is 229 g/mol. The van der Waals surface area contributed by atoms with E-state index >= 15 is 0 Å². The van der Waals surface area contributed by atoms with Crippen molar-refractivity contribution in [3.05, 3.63) is 22.5 Å². The number of rotatable bonds is 0. The molecule has 4 nitrogen and oxygen atoms in total. The molecule has 1 aliphatic rings. The van der Waals surface area contributed by atoms with Crippen LogP contribution < -0.4 is 0 Å². The van der Waals surface area contributed by atoms with Gasteiger partial charge in [-0.15, -0.1) is 0 Å². The zero-order valence-corrected chi connectivity index (χ0v) is 8.56. The van der Waals surface area contributed by atoms with Crippen molar-refractivity contribution >= 4 is 21.4 Å². The van der Waals surface area contributed by atoms with Gasteiger partial charge in [-0.2, -0.15) is 5.26 Å². The number of nitrogens with zero attached hydrogens (tertiary/aromatic N) is 2. The Kier molecular flexibility index (Phi) is 1.98. The summed E-state index contributed by atoms with van der Waals surface area (Å²) in [4.78, 5) is 3.84. The number of hydrogen-bond donors (Lipinski definition) is 0. The van der Waals surface area contributed by atoms with Gasteiger partial charge in [-0.25, -0.2) is 13.4 Å². The third-order valence-electron chi connectivity index (χ3n) is 2.12. The Labute approximate surface area is 86.1 Å². The molecule has 14 heavy (non-hydrogen) atoms. The van der Waals surface area contributed by atoms with Crippen molar-refractivity contribution in [2.45, 2.75) is 11.3 Å². The van der Waals surface area contributed by atoms with Crippen LogP contribution in [-0.2, 0) is 16.3 Å². The van der Waals surface area contributed by atoms with E-state index in [1.807, 2.05) is 0 Å². The second-order valence-corrected chi connectivity index (χ2v) is 5.36. The Morgan fingerprint density at radius 3 is 2.93 bits per heavy atom. The fourth-order valence-electron chi connectivity index (χ4n) is 1.49. The van der Waals surface area contributed by atoms with Crippen LogP contribution in [0.2, 0.25) is 5.15 Å². The number of aryl methyl sites for hydroxylation is 1. The van der Waals surface area contributed by atoms with E-state index in [9.17, 15) is 8.42 Å². The topological polar surface area (TPSA) is 70.8 Å². The first-order chi connectivity index (χ1) is 6.56. The molecule has 1 aromatic rings. The Balaban J connectivity index is 2.88. The van der Waals surface area contributed by atoms with Gasteiger partial charge >= 0.3 is 0 Å². The summed E-state index contributed by atoms with van der Waals surface area (Å²) in [7, 11) is -3.32. The molecule has 6 heteroatoms. The van der Waals surface area contributed by atoms with Crippen molar-refractivity contribution in [2.24, 2.45) is 0 Å². The van der Waals surface area contributed by atoms with Crippen molar-refractivity contribution < 1.29 is 8.42 Å². The second-order valence-electron chi connectivity index (χ2n) is 2.96. The van der Waals surface area contributed by atoms with Crippen LogP contribution in [0.4, 0.5) is 0 Å². The fourth-order valence-corrected chi connectivity index (χ4v) is 3.43. The molecular formula is C8H5ClN2O2S. The Morgan fingerprint density at radius 1 is 1.57 bits per heavy atom. The first kappa shape index (κ1) is 9.44. The summed E-state index contributed by atoms with van der Waals surface area (Å²) in [5, 5.41) is 8.73. The highest BCUT2D eigenvalue weighted by Crippen LogP contribution is 2.31. The van der Waals surface area contributed by atoms with Crippen LogP contribution in [0.5, 0.6) is 0 Å². The van der Waals surface area contributed by atoms with E-state index in [1.54, 1.807) is 6.07 Å². The SMILES string of the molecule is N#Cc1c(Cl)ncc2c1S(=O)(=O)CC2. The number of sulfone groups is 1. The van der Waals surface area contributed by atoms with Gasteiger partial charge in [-0.05, 0) is 12.0 Å². The highest BCUT2D eigenvalue weighted by molar-refractivity contribution is 7.91. The summed E-state index contributed by atoms with van der Waals surface area (Å²) in [6.45, 7) is 0. The number of fused-ring (bicyclic) bond motifs is 1. The summed E-state index contributed by atoms with van der Waals surface area (Å²) in [5.74, 6) is 0.0407. The molecule has 0 radical (unpaired) electrons. The Hall–Kier alpha value is -1.12. The Bertz CT molecular complexity index is 545. The van der Waals surface area contributed by atoms with E-state index in [0.29, 0.717) is 12.0 Å². The van der Waals surface area contributed by atoms with Crippen molar-refractivity contribution in [1.82, 2.24) is 4.98 Å². The molecule has 0 unspecified atom stereocenters. The molecule has 0 amide bonds. The summed E-state index contributed by atoms with van der Waals surface area (Å²) < 4.78 is 23.1. The lowest BCUT2D eigenvalue weighted by atomic mass is 10.2. The van der Waals surface area contributed by atoms with Gasteiger partial charge in [0.1, 0.15) is 16.8 Å². The normalized spacial score (nSPS) is 17.4. The molecule has 2 heterocycles. The van der Waals surface area contributed by atoms with Gasteiger partial charge < -0.3 is 0 Å². The maximum atomic E-state index is 11.5. The van der Waals surface area contributed by atoms with Gasteiger partial charge in [-0.1, -0.05) is 11.6 Å². The van der Waals surface area contributed by atoms with Crippen molar-refractivity contribution in [3.63, 3.8) is 0 Å². The molecule has 1 aromatic heterocycles. The van der Waals surface area contributed by atoms with E-state index < -0.39 is 9.84 Å². The molecule has 0 bridgehead atoms. The highest BCUT2D eigenvalue weighted by atomic mass is 35.5. The number of hydrogen-bond acceptors (Lipinski definition) is 4. The molecule has 0 saturated carbocycles. The quantitative estimate of drug-likeness (QED) is 0.620. The zero-order chi connectivity index (χ0) is 10.3. The van der Waals surface area contributed by atoms with Crippen LogP contribution >= 0.6 is 11.6 Å². The van der Waals surface area contributed by atoms with E-state index in [4.69, 9.17) is 16.9 Å². The number of aromatic nitrogens is 1. The lowest BCUT2D eigenvalue weighted by Crippen LogP contribution is -2.02. The molecule has 2 rings (SSSR count). The van der Waals surface area contributed by atoms with E-state index in [0.717, 1.165) is 0 Å². The number of halogens is 1. The molecule has 1 aliphatic heterocycles. The molecule has 72 valence electrons. The molecule has 0 saturated heterocycles. The van der Waals surface area contributed by atoms with E-state index in [2.05, 4.69) is 4.98 Å². The van der Waals surface area contributed by atoms with Gasteiger partial charge in [0.25, 0.3) is 0 Å². The summed E-state index contributed by atoms with van der Waals surface area (Å²) in [6.07, 6.45) is 1.83. The first-order valence-electron chi connectivity index (χ1n) is 3.86. The molecule has 0 N–H and O–H groups in total. The molecular weight excluding hydrogens is 224 g/mol. The predicted octanol–water partition coefficient (Wildman–Crippen LogP) is 0.936. The lowest BCUT2D eigenvalue weighted by molar-refractivity contribution is 0.599. The number of nitriles is 1. The smallest absolute Gasteiger partial charge is 0.180 e. The summed E-state index contributed by atoms with van der Waals surface area (Å²) in [5.41, 5.74) is 0.563. The van der Waals surface area contributed by atoms with Crippen LogP contribution in [0.1, 0.15) is 11.1 Å². The molecule has 0 aromatic carbocycles. The standard InChI is InChI=1S/C8H5ClN2O2S/c9-8-6(3-10)7-5(4-11-8)1-2-14(7,12)13/h4H,1-2H2. The Morgan fingerprint density at radius 2 is 2.29 bits per heavy atom. The van der Waals surface area contributed by atoms with Crippen molar-refractivity contribution in [1.29, 1.82) is 5.26 Å². The predicted molar refractivity (Wildman–Crippen MR) is 49.7 cm³/mol. The monoisotopic (exact) mass is 228 g/mol. The van der Waals surface area contributed by atoms with Crippen LogP contribution in [0.15, 0.2) is 11.1 Å². The van der Waals surface area contributed by atoms with Gasteiger partial charge in [0.05, 0.1) is 10.6 Å². The molecule has 0 aliphatic carbocycles. The minimum Gasteiger partial charge on any atom is -0.243 e. The van der Waals surface area contributed by atoms with Gasteiger partial charge in [0.2, 0.25) is 0 Å². The van der Waals surface area contributed by atoms with Crippen molar-refractivity contribution in [3.8, 4) is 6.07 Å². The minimum absolute atomic E-state index is 0.0262. The van der Waals surface area contributed by atoms with Gasteiger partial charge in [-0.3, -0.25) is 0 Å². The molecule has 0 fully saturated rings. The average Bonchev–Trinajstić information content (AvgIpc) is 2.43. The maximum Gasteiger partial charge on any atom is 0.180 e. The molecule has 0 atom stereocenters. The third-order valence-corrected chi connectivity index (χ3v) is 4.24. The second kappa shape index (κ2) is 2.94. The van der Waals surface area contributed by atoms with E-state index in [1.165, 1.54) is 6.20 Å². The van der Waals surface area contributed by atoms with Crippen molar-refractivity contribution in [2.75, 3.05) is 5.75 Å². The third kappa shape index (κ3) is 1.19. The number of pyridine rings is 1. The highest BCUT2D eigenvalue weighted by Gasteiger charge is 2.31. The molecule has 0 spiro atoms.